The number of hydrogen-bond acceptors (Lipinski definition) is 3. The summed E-state index contributed by atoms with van der Waals surface area (Å²) < 4.78 is 0. The van der Waals surface area contributed by atoms with Gasteiger partial charge in [0.2, 0.25) is 17.7 Å². The lowest BCUT2D eigenvalue weighted by Gasteiger charge is -2.17. The number of benzene rings is 1. The van der Waals surface area contributed by atoms with Crippen molar-refractivity contribution in [2.24, 2.45) is 23.7 Å². The smallest absolute Gasteiger partial charge is 0.233 e. The normalized spacial score (nSPS) is 29.4. The number of anilines is 1. The van der Waals surface area contributed by atoms with Gasteiger partial charge in [-0.05, 0) is 36.3 Å². The number of nitrogens with one attached hydrogen (secondary N) is 1. The van der Waals surface area contributed by atoms with Gasteiger partial charge in [-0.2, -0.15) is 0 Å². The minimum atomic E-state index is -0.189. The first-order valence-corrected chi connectivity index (χ1v) is 9.01. The molecule has 2 bridgehead atoms. The van der Waals surface area contributed by atoms with Crippen LogP contribution in [0.4, 0.5) is 5.69 Å². The molecule has 0 aromatic heterocycles. The van der Waals surface area contributed by atoms with Crippen LogP contribution in [-0.2, 0) is 20.8 Å². The van der Waals surface area contributed by atoms with Gasteiger partial charge in [0, 0.05) is 18.7 Å². The van der Waals surface area contributed by atoms with E-state index >= 15 is 0 Å². The van der Waals surface area contributed by atoms with Crippen molar-refractivity contribution in [1.82, 2.24) is 4.90 Å². The first-order chi connectivity index (χ1) is 12.1. The number of carbonyl (C=O) groups is 3. The Kier molecular flexibility index (Phi) is 3.94. The number of para-hydroxylation sites is 1. The molecular formula is C20H22N2O3. The van der Waals surface area contributed by atoms with E-state index in [1.807, 2.05) is 31.2 Å². The van der Waals surface area contributed by atoms with Gasteiger partial charge in [0.1, 0.15) is 0 Å². The zero-order valence-corrected chi connectivity index (χ0v) is 14.3. The molecule has 1 saturated carbocycles. The zero-order chi connectivity index (χ0) is 17.6. The molecule has 0 spiro atoms. The summed E-state index contributed by atoms with van der Waals surface area (Å²) >= 11 is 0. The second-order valence-corrected chi connectivity index (χ2v) is 7.14. The van der Waals surface area contributed by atoms with Crippen LogP contribution in [0, 0.1) is 23.7 Å². The quantitative estimate of drug-likeness (QED) is 0.662. The van der Waals surface area contributed by atoms with Crippen LogP contribution in [-0.4, -0.2) is 29.2 Å². The van der Waals surface area contributed by atoms with E-state index in [1.54, 1.807) is 0 Å². The van der Waals surface area contributed by atoms with Gasteiger partial charge in [0.15, 0.2) is 0 Å². The number of nitrogens with zero attached hydrogens (tertiary/aromatic N) is 1. The van der Waals surface area contributed by atoms with Gasteiger partial charge < -0.3 is 5.32 Å². The summed E-state index contributed by atoms with van der Waals surface area (Å²) in [4.78, 5) is 38.8. The Morgan fingerprint density at radius 1 is 1.12 bits per heavy atom. The number of hydrogen-bond donors (Lipinski definition) is 1. The van der Waals surface area contributed by atoms with Crippen LogP contribution in [0.15, 0.2) is 36.4 Å². The molecule has 1 aromatic rings. The lowest BCUT2D eigenvalue weighted by atomic mass is 9.85. The molecule has 3 aliphatic rings. The number of allylic oxidation sites excluding steroid dienone is 2. The largest absolute Gasteiger partial charge is 0.326 e. The second kappa shape index (κ2) is 6.14. The summed E-state index contributed by atoms with van der Waals surface area (Å²) in [5, 5.41) is 2.89. The Balaban J connectivity index is 1.38. The Labute approximate surface area is 147 Å². The van der Waals surface area contributed by atoms with E-state index in [1.165, 1.54) is 4.90 Å². The van der Waals surface area contributed by atoms with E-state index in [0.717, 1.165) is 24.1 Å². The molecule has 1 heterocycles. The molecule has 5 heteroatoms. The molecule has 4 atom stereocenters. The number of rotatable bonds is 5. The van der Waals surface area contributed by atoms with E-state index in [0.29, 0.717) is 0 Å². The van der Waals surface area contributed by atoms with Gasteiger partial charge in [-0.1, -0.05) is 37.3 Å². The number of fused-ring (bicyclic) bond motifs is 5. The lowest BCUT2D eigenvalue weighted by molar-refractivity contribution is -0.140. The second-order valence-electron chi connectivity index (χ2n) is 7.14. The monoisotopic (exact) mass is 338 g/mol. The van der Waals surface area contributed by atoms with Crippen molar-refractivity contribution in [3.05, 3.63) is 42.0 Å². The number of aryl methyl sites for hydroxylation is 1. The molecule has 1 N–H and O–H groups in total. The van der Waals surface area contributed by atoms with E-state index in [4.69, 9.17) is 0 Å². The van der Waals surface area contributed by atoms with Crippen molar-refractivity contribution in [3.8, 4) is 0 Å². The number of amides is 3. The van der Waals surface area contributed by atoms with Crippen molar-refractivity contribution < 1.29 is 14.4 Å². The zero-order valence-electron chi connectivity index (χ0n) is 14.3. The van der Waals surface area contributed by atoms with Crippen LogP contribution in [0.5, 0.6) is 0 Å². The van der Waals surface area contributed by atoms with Crippen LogP contribution in [0.2, 0.25) is 0 Å². The van der Waals surface area contributed by atoms with Gasteiger partial charge in [-0.3, -0.25) is 19.3 Å². The summed E-state index contributed by atoms with van der Waals surface area (Å²) in [6.07, 6.45) is 6.05. The molecule has 2 fully saturated rings. The molecule has 130 valence electrons. The SMILES string of the molecule is CCc1ccccc1NC(=O)CCN1C(=O)[C@@H]2[C@@H](C1=O)[C@H]1C=C[C@H]2C1. The summed E-state index contributed by atoms with van der Waals surface area (Å²) in [7, 11) is 0. The lowest BCUT2D eigenvalue weighted by Crippen LogP contribution is -2.35. The molecule has 0 radical (unpaired) electrons. The maximum Gasteiger partial charge on any atom is 0.233 e. The van der Waals surface area contributed by atoms with E-state index < -0.39 is 0 Å². The summed E-state index contributed by atoms with van der Waals surface area (Å²) in [5.41, 5.74) is 1.87. The van der Waals surface area contributed by atoms with Crippen molar-refractivity contribution in [2.45, 2.75) is 26.2 Å². The number of imide groups is 1. The summed E-state index contributed by atoms with van der Waals surface area (Å²) in [6.45, 7) is 2.21. The van der Waals surface area contributed by atoms with E-state index in [9.17, 15) is 14.4 Å². The van der Waals surface area contributed by atoms with Crippen molar-refractivity contribution in [2.75, 3.05) is 11.9 Å². The maximum absolute atomic E-state index is 12.6. The molecule has 1 aliphatic heterocycles. The molecule has 1 aromatic carbocycles. The number of carbonyl (C=O) groups excluding carboxylic acids is 3. The summed E-state index contributed by atoms with van der Waals surface area (Å²) in [6, 6.07) is 7.67. The standard InChI is InChI=1S/C20H22N2O3/c1-2-12-5-3-4-6-15(12)21-16(23)9-10-22-19(24)17-13-7-8-14(11-13)18(17)20(22)25/h3-8,13-14,17-18H,2,9-11H2,1H3,(H,21,23)/t13-,14-,17-,18-/m0/s1. The molecular weight excluding hydrogens is 316 g/mol. The number of likely N-dealkylation sites (tertiary alicyclic amines) is 1. The highest BCUT2D eigenvalue weighted by atomic mass is 16.2. The van der Waals surface area contributed by atoms with Crippen LogP contribution < -0.4 is 5.32 Å². The fourth-order valence-electron chi connectivity index (χ4n) is 4.56. The Morgan fingerprint density at radius 2 is 1.76 bits per heavy atom. The van der Waals surface area contributed by atoms with Gasteiger partial charge in [-0.25, -0.2) is 0 Å². The van der Waals surface area contributed by atoms with Crippen molar-refractivity contribution in [3.63, 3.8) is 0 Å². The average Bonchev–Trinajstić information content (AvgIpc) is 3.28. The topological polar surface area (TPSA) is 66.5 Å². The Bertz CT molecular complexity index is 740. The summed E-state index contributed by atoms with van der Waals surface area (Å²) in [5.74, 6) is -0.303. The first kappa shape index (κ1) is 16.1. The van der Waals surface area contributed by atoms with Gasteiger partial charge in [0.25, 0.3) is 0 Å². The molecule has 3 amide bonds. The molecule has 5 nitrogen and oxygen atoms in total. The predicted molar refractivity (Wildman–Crippen MR) is 93.5 cm³/mol. The highest BCUT2D eigenvalue weighted by molar-refractivity contribution is 6.06. The van der Waals surface area contributed by atoms with E-state index in [-0.39, 0.29) is 54.4 Å². The van der Waals surface area contributed by atoms with Crippen LogP contribution in [0.1, 0.15) is 25.3 Å². The third kappa shape index (κ3) is 2.58. The van der Waals surface area contributed by atoms with Crippen LogP contribution in [0.3, 0.4) is 0 Å². The molecule has 4 rings (SSSR count). The maximum atomic E-state index is 12.6. The fourth-order valence-corrected chi connectivity index (χ4v) is 4.56. The minimum Gasteiger partial charge on any atom is -0.326 e. The van der Waals surface area contributed by atoms with Gasteiger partial charge >= 0.3 is 0 Å². The third-order valence-electron chi connectivity index (χ3n) is 5.80. The predicted octanol–water partition coefficient (Wildman–Crippen LogP) is 2.38. The van der Waals surface area contributed by atoms with Crippen molar-refractivity contribution >= 4 is 23.4 Å². The average molecular weight is 338 g/mol. The molecule has 25 heavy (non-hydrogen) atoms. The van der Waals surface area contributed by atoms with Crippen LogP contribution >= 0.6 is 0 Å². The van der Waals surface area contributed by atoms with Crippen molar-refractivity contribution in [1.29, 1.82) is 0 Å². The van der Waals surface area contributed by atoms with Gasteiger partial charge in [0.05, 0.1) is 11.8 Å². The Morgan fingerprint density at radius 3 is 2.40 bits per heavy atom. The highest BCUT2D eigenvalue weighted by Gasteiger charge is 2.58. The molecule has 1 saturated heterocycles. The highest BCUT2D eigenvalue weighted by Crippen LogP contribution is 2.52. The minimum absolute atomic E-state index is 0.0893. The third-order valence-corrected chi connectivity index (χ3v) is 5.80. The Hall–Kier alpha value is -2.43. The van der Waals surface area contributed by atoms with Gasteiger partial charge in [-0.15, -0.1) is 0 Å². The fraction of sp³-hybridized carbons (Fsp3) is 0.450. The first-order valence-electron chi connectivity index (χ1n) is 9.01. The molecule has 2 aliphatic carbocycles. The molecule has 0 unspecified atom stereocenters. The van der Waals surface area contributed by atoms with Crippen LogP contribution in [0.25, 0.3) is 0 Å². The van der Waals surface area contributed by atoms with E-state index in [2.05, 4.69) is 17.5 Å².